The number of thioether (sulfide) groups is 1. The van der Waals surface area contributed by atoms with Crippen molar-refractivity contribution in [1.29, 1.82) is 0 Å². The van der Waals surface area contributed by atoms with E-state index in [-0.39, 0.29) is 6.03 Å². The fraction of sp³-hybridized carbons (Fsp3) is 0.733. The van der Waals surface area contributed by atoms with E-state index in [0.29, 0.717) is 17.8 Å². The molecular formula is C15H26N4OS. The summed E-state index contributed by atoms with van der Waals surface area (Å²) in [7, 11) is 0. The van der Waals surface area contributed by atoms with Crippen molar-refractivity contribution in [3.05, 3.63) is 18.2 Å². The van der Waals surface area contributed by atoms with Crippen molar-refractivity contribution in [2.75, 3.05) is 12.8 Å². The molecule has 0 unspecified atom stereocenters. The Bertz CT molecular complexity index is 449. The number of hydrogen-bond donors (Lipinski definition) is 2. The number of rotatable bonds is 6. The Morgan fingerprint density at radius 2 is 2.29 bits per heavy atom. The van der Waals surface area contributed by atoms with Crippen LogP contribution in [0.3, 0.4) is 0 Å². The number of imidazole rings is 1. The first-order chi connectivity index (χ1) is 10.2. The number of nitrogens with one attached hydrogen (secondary N) is 2. The van der Waals surface area contributed by atoms with Gasteiger partial charge < -0.3 is 15.2 Å². The number of hydrogen-bond acceptors (Lipinski definition) is 3. The van der Waals surface area contributed by atoms with Crippen LogP contribution < -0.4 is 10.6 Å². The number of urea groups is 1. The van der Waals surface area contributed by atoms with Gasteiger partial charge in [0.05, 0.1) is 0 Å². The minimum atomic E-state index is -0.0247. The van der Waals surface area contributed by atoms with E-state index < -0.39 is 0 Å². The summed E-state index contributed by atoms with van der Waals surface area (Å²) in [5.41, 5.74) is 0. The van der Waals surface area contributed by atoms with Crippen molar-refractivity contribution >= 4 is 17.8 Å². The molecule has 0 aromatic carbocycles. The molecule has 21 heavy (non-hydrogen) atoms. The topological polar surface area (TPSA) is 59.0 Å². The molecule has 1 fully saturated rings. The summed E-state index contributed by atoms with van der Waals surface area (Å²) in [6, 6.07) is 0.299. The van der Waals surface area contributed by atoms with Crippen LogP contribution in [0.4, 0.5) is 4.79 Å². The molecule has 0 aliphatic heterocycles. The van der Waals surface area contributed by atoms with Gasteiger partial charge in [-0.05, 0) is 32.4 Å². The lowest BCUT2D eigenvalue weighted by Crippen LogP contribution is -2.48. The lowest BCUT2D eigenvalue weighted by atomic mass is 9.95. The molecule has 2 amide bonds. The highest BCUT2D eigenvalue weighted by atomic mass is 32.2. The molecule has 0 spiro atoms. The van der Waals surface area contributed by atoms with Gasteiger partial charge in [-0.2, -0.15) is 11.8 Å². The first kappa shape index (κ1) is 16.2. The maximum atomic E-state index is 12.0. The van der Waals surface area contributed by atoms with Gasteiger partial charge in [0, 0.05) is 36.8 Å². The fourth-order valence-corrected chi connectivity index (χ4v) is 3.79. The van der Waals surface area contributed by atoms with Gasteiger partial charge in [-0.3, -0.25) is 0 Å². The molecule has 1 saturated carbocycles. The van der Waals surface area contributed by atoms with E-state index in [2.05, 4.69) is 26.4 Å². The average Bonchev–Trinajstić information content (AvgIpc) is 2.89. The molecule has 5 nitrogen and oxygen atoms in total. The summed E-state index contributed by atoms with van der Waals surface area (Å²) in [5.74, 6) is 1.02. The highest BCUT2D eigenvalue weighted by Gasteiger charge is 2.25. The first-order valence-corrected chi connectivity index (χ1v) is 9.04. The average molecular weight is 310 g/mol. The van der Waals surface area contributed by atoms with Gasteiger partial charge >= 0.3 is 6.03 Å². The Hall–Kier alpha value is -1.17. The van der Waals surface area contributed by atoms with Crippen molar-refractivity contribution in [2.24, 2.45) is 0 Å². The zero-order chi connectivity index (χ0) is 15.1. The number of aryl methyl sites for hydroxylation is 2. The molecule has 1 aliphatic rings. The van der Waals surface area contributed by atoms with E-state index in [1.807, 2.05) is 24.9 Å². The summed E-state index contributed by atoms with van der Waals surface area (Å²) >= 11 is 1.87. The van der Waals surface area contributed by atoms with Crippen molar-refractivity contribution in [1.82, 2.24) is 20.2 Å². The van der Waals surface area contributed by atoms with Crippen LogP contribution in [-0.2, 0) is 6.54 Å². The van der Waals surface area contributed by atoms with Crippen LogP contribution in [0.1, 0.15) is 37.9 Å². The Labute approximate surface area is 131 Å². The second-order valence-electron chi connectivity index (χ2n) is 5.59. The van der Waals surface area contributed by atoms with E-state index in [1.165, 1.54) is 19.3 Å². The second-order valence-corrected chi connectivity index (χ2v) is 6.66. The Morgan fingerprint density at radius 1 is 1.48 bits per heavy atom. The van der Waals surface area contributed by atoms with Crippen LogP contribution in [0, 0.1) is 6.92 Å². The third-order valence-electron chi connectivity index (χ3n) is 4.11. The molecule has 2 rings (SSSR count). The van der Waals surface area contributed by atoms with E-state index in [4.69, 9.17) is 0 Å². The van der Waals surface area contributed by atoms with Crippen molar-refractivity contribution in [2.45, 2.75) is 56.9 Å². The van der Waals surface area contributed by atoms with Crippen LogP contribution in [0.25, 0.3) is 0 Å². The molecule has 0 radical (unpaired) electrons. The standard InChI is InChI=1S/C15H26N4OS/c1-12-16-9-11-19(12)10-5-8-17-15(20)18-13-6-3-4-7-14(13)21-2/h9,11,13-14H,3-8,10H2,1-2H3,(H2,17,18,20)/t13-,14+/m0/s1. The highest BCUT2D eigenvalue weighted by Crippen LogP contribution is 2.26. The van der Waals surface area contributed by atoms with Crippen molar-refractivity contribution in [3.8, 4) is 0 Å². The van der Waals surface area contributed by atoms with Crippen LogP contribution in [-0.4, -0.2) is 39.7 Å². The lowest BCUT2D eigenvalue weighted by molar-refractivity contribution is 0.233. The zero-order valence-corrected chi connectivity index (χ0v) is 13.8. The molecular weight excluding hydrogens is 284 g/mol. The normalized spacial score (nSPS) is 22.0. The van der Waals surface area contributed by atoms with Gasteiger partial charge in [0.25, 0.3) is 0 Å². The van der Waals surface area contributed by atoms with Gasteiger partial charge in [-0.15, -0.1) is 0 Å². The largest absolute Gasteiger partial charge is 0.338 e. The number of nitrogens with zero attached hydrogens (tertiary/aromatic N) is 2. The fourth-order valence-electron chi connectivity index (χ4n) is 2.85. The van der Waals surface area contributed by atoms with Gasteiger partial charge in [0.2, 0.25) is 0 Å². The monoisotopic (exact) mass is 310 g/mol. The molecule has 1 aromatic heterocycles. The molecule has 2 N–H and O–H groups in total. The Balaban J connectivity index is 1.64. The number of carbonyl (C=O) groups excluding carboxylic acids is 1. The van der Waals surface area contributed by atoms with Gasteiger partial charge in [-0.25, -0.2) is 9.78 Å². The SMILES string of the molecule is CS[C@@H]1CCCC[C@@H]1NC(=O)NCCCn1ccnc1C. The molecule has 1 aromatic rings. The summed E-state index contributed by atoms with van der Waals surface area (Å²) in [5, 5.41) is 6.67. The Kier molecular flexibility index (Phi) is 6.42. The molecule has 1 heterocycles. The molecule has 2 atom stereocenters. The number of carbonyl (C=O) groups is 1. The minimum Gasteiger partial charge on any atom is -0.338 e. The number of aromatic nitrogens is 2. The minimum absolute atomic E-state index is 0.0247. The first-order valence-electron chi connectivity index (χ1n) is 7.75. The van der Waals surface area contributed by atoms with Gasteiger partial charge in [0.1, 0.15) is 5.82 Å². The van der Waals surface area contributed by atoms with E-state index in [1.54, 1.807) is 6.20 Å². The van der Waals surface area contributed by atoms with Gasteiger partial charge in [-0.1, -0.05) is 12.8 Å². The molecule has 0 bridgehead atoms. The summed E-state index contributed by atoms with van der Waals surface area (Å²) in [4.78, 5) is 16.1. The van der Waals surface area contributed by atoms with E-state index in [9.17, 15) is 4.79 Å². The maximum Gasteiger partial charge on any atom is 0.315 e. The van der Waals surface area contributed by atoms with Gasteiger partial charge in [0.15, 0.2) is 0 Å². The predicted molar refractivity (Wildman–Crippen MR) is 87.7 cm³/mol. The van der Waals surface area contributed by atoms with Crippen LogP contribution in [0.5, 0.6) is 0 Å². The van der Waals surface area contributed by atoms with Crippen LogP contribution in [0.15, 0.2) is 12.4 Å². The summed E-state index contributed by atoms with van der Waals surface area (Å²) in [6.45, 7) is 3.58. The number of amides is 2. The van der Waals surface area contributed by atoms with Crippen LogP contribution in [0.2, 0.25) is 0 Å². The smallest absolute Gasteiger partial charge is 0.315 e. The zero-order valence-electron chi connectivity index (χ0n) is 13.0. The quantitative estimate of drug-likeness (QED) is 0.794. The summed E-state index contributed by atoms with van der Waals surface area (Å²) < 4.78 is 2.10. The van der Waals surface area contributed by atoms with E-state index in [0.717, 1.165) is 25.2 Å². The summed E-state index contributed by atoms with van der Waals surface area (Å²) in [6.07, 6.45) is 11.7. The van der Waals surface area contributed by atoms with Crippen molar-refractivity contribution in [3.63, 3.8) is 0 Å². The third-order valence-corrected chi connectivity index (χ3v) is 5.28. The molecule has 6 heteroatoms. The van der Waals surface area contributed by atoms with E-state index >= 15 is 0 Å². The molecule has 1 aliphatic carbocycles. The highest BCUT2D eigenvalue weighted by molar-refractivity contribution is 7.99. The van der Waals surface area contributed by atoms with Crippen molar-refractivity contribution < 1.29 is 4.79 Å². The second kappa shape index (κ2) is 8.32. The Morgan fingerprint density at radius 3 is 3.00 bits per heavy atom. The lowest BCUT2D eigenvalue weighted by Gasteiger charge is -2.30. The van der Waals surface area contributed by atoms with Crippen LogP contribution >= 0.6 is 11.8 Å². The third kappa shape index (κ3) is 4.95. The maximum absolute atomic E-state index is 12.0. The predicted octanol–water partition coefficient (Wildman–Crippen LogP) is 2.56. The molecule has 0 saturated heterocycles. The molecule has 118 valence electrons.